The van der Waals surface area contributed by atoms with E-state index in [4.69, 9.17) is 26.3 Å². The second kappa shape index (κ2) is 7.71. The molecule has 0 fully saturated rings. The van der Waals surface area contributed by atoms with Crippen molar-refractivity contribution in [3.8, 4) is 11.5 Å². The van der Waals surface area contributed by atoms with Crippen molar-refractivity contribution in [3.63, 3.8) is 0 Å². The molecule has 1 N–H and O–H groups in total. The van der Waals surface area contributed by atoms with Crippen LogP contribution in [-0.4, -0.2) is 24.6 Å². The van der Waals surface area contributed by atoms with Crippen molar-refractivity contribution in [2.75, 3.05) is 13.2 Å². The van der Waals surface area contributed by atoms with Crippen LogP contribution in [0.2, 0.25) is 5.02 Å². The van der Waals surface area contributed by atoms with Crippen molar-refractivity contribution in [2.24, 2.45) is 5.16 Å². The van der Waals surface area contributed by atoms with Gasteiger partial charge in [0.05, 0.1) is 6.21 Å². The Morgan fingerprint density at radius 2 is 1.73 bits per heavy atom. The highest BCUT2D eigenvalue weighted by atomic mass is 35.5. The smallest absolute Gasteiger partial charge is 0.128 e. The molecule has 2 aromatic carbocycles. The number of hydrogen-bond donors (Lipinski definition) is 1. The van der Waals surface area contributed by atoms with Crippen LogP contribution in [0.15, 0.2) is 41.6 Å². The molecule has 0 spiro atoms. The molecule has 0 heterocycles. The fourth-order valence-corrected chi connectivity index (χ4v) is 2.19. The summed E-state index contributed by atoms with van der Waals surface area (Å²) in [6.07, 6.45) is 1.34. The van der Waals surface area contributed by atoms with E-state index in [1.165, 1.54) is 6.21 Å². The topological polar surface area (TPSA) is 51.0 Å². The van der Waals surface area contributed by atoms with E-state index >= 15 is 0 Å². The molecule has 4 nitrogen and oxygen atoms in total. The molecule has 0 aliphatic heterocycles. The summed E-state index contributed by atoms with van der Waals surface area (Å²) in [6.45, 7) is 4.69. The number of nitrogens with zero attached hydrogens (tertiary/aromatic N) is 1. The van der Waals surface area contributed by atoms with Gasteiger partial charge < -0.3 is 14.7 Å². The average Bonchev–Trinajstić information content (AvgIpc) is 2.51. The van der Waals surface area contributed by atoms with Gasteiger partial charge in [-0.2, -0.15) is 0 Å². The molecule has 22 heavy (non-hydrogen) atoms. The molecule has 0 aromatic heterocycles. The van der Waals surface area contributed by atoms with E-state index in [-0.39, 0.29) is 0 Å². The summed E-state index contributed by atoms with van der Waals surface area (Å²) < 4.78 is 11.3. The summed E-state index contributed by atoms with van der Waals surface area (Å²) in [6, 6.07) is 11.1. The van der Waals surface area contributed by atoms with Crippen LogP contribution in [-0.2, 0) is 0 Å². The molecule has 0 unspecified atom stereocenters. The summed E-state index contributed by atoms with van der Waals surface area (Å²) in [5.74, 6) is 1.42. The molecule has 0 atom stereocenters. The zero-order chi connectivity index (χ0) is 15.9. The third-order valence-corrected chi connectivity index (χ3v) is 3.73. The van der Waals surface area contributed by atoms with Crippen LogP contribution in [0.4, 0.5) is 0 Å². The number of benzene rings is 2. The first-order valence-corrected chi connectivity index (χ1v) is 7.28. The van der Waals surface area contributed by atoms with Gasteiger partial charge in [-0.3, -0.25) is 0 Å². The summed E-state index contributed by atoms with van der Waals surface area (Å²) >= 11 is 6.13. The molecule has 0 amide bonds. The quantitative estimate of drug-likeness (QED) is 0.375. The summed E-state index contributed by atoms with van der Waals surface area (Å²) in [4.78, 5) is 0. The lowest BCUT2D eigenvalue weighted by molar-refractivity contribution is 0.216. The minimum Gasteiger partial charge on any atom is -0.490 e. The maximum Gasteiger partial charge on any atom is 0.128 e. The van der Waals surface area contributed by atoms with Crippen molar-refractivity contribution in [1.29, 1.82) is 0 Å². The van der Waals surface area contributed by atoms with E-state index in [1.54, 1.807) is 0 Å². The molecule has 0 radical (unpaired) electrons. The van der Waals surface area contributed by atoms with E-state index < -0.39 is 0 Å². The fraction of sp³-hybridized carbons (Fsp3) is 0.235. The Kier molecular flexibility index (Phi) is 5.67. The van der Waals surface area contributed by atoms with Crippen LogP contribution in [0.1, 0.15) is 16.7 Å². The minimum absolute atomic E-state index is 0.386. The fourth-order valence-electron chi connectivity index (χ4n) is 2.08. The molecule has 116 valence electrons. The van der Waals surface area contributed by atoms with Gasteiger partial charge in [0.25, 0.3) is 0 Å². The standard InChI is InChI=1S/C17H18ClNO3/c1-12-9-15(10-13(2)17(12)18)21-7-8-22-16-6-4-3-5-14(16)11-19-20/h3-6,9-11,20H,7-8H2,1-2H3. The van der Waals surface area contributed by atoms with Crippen LogP contribution in [0.25, 0.3) is 0 Å². The zero-order valence-electron chi connectivity index (χ0n) is 12.5. The summed E-state index contributed by atoms with van der Waals surface area (Å²) in [7, 11) is 0. The van der Waals surface area contributed by atoms with E-state index in [0.717, 1.165) is 21.9 Å². The second-order valence-electron chi connectivity index (χ2n) is 4.85. The highest BCUT2D eigenvalue weighted by molar-refractivity contribution is 6.32. The van der Waals surface area contributed by atoms with Crippen LogP contribution in [0.5, 0.6) is 11.5 Å². The number of hydrogen-bond acceptors (Lipinski definition) is 4. The van der Waals surface area contributed by atoms with Gasteiger partial charge in [-0.1, -0.05) is 28.9 Å². The first-order valence-electron chi connectivity index (χ1n) is 6.90. The summed E-state index contributed by atoms with van der Waals surface area (Å²) in [5.41, 5.74) is 2.69. The number of ether oxygens (including phenoxy) is 2. The maximum absolute atomic E-state index is 8.62. The van der Waals surface area contributed by atoms with E-state index in [0.29, 0.717) is 24.5 Å². The van der Waals surface area contributed by atoms with Crippen molar-refractivity contribution in [3.05, 3.63) is 58.1 Å². The second-order valence-corrected chi connectivity index (χ2v) is 5.23. The Morgan fingerprint density at radius 1 is 1.09 bits per heavy atom. The third kappa shape index (κ3) is 4.15. The Hall–Kier alpha value is -2.20. The number of para-hydroxylation sites is 1. The lowest BCUT2D eigenvalue weighted by Crippen LogP contribution is -2.10. The van der Waals surface area contributed by atoms with Gasteiger partial charge in [-0.25, -0.2) is 0 Å². The molecule has 0 bridgehead atoms. The van der Waals surface area contributed by atoms with Gasteiger partial charge in [0.15, 0.2) is 0 Å². The lowest BCUT2D eigenvalue weighted by Gasteiger charge is -2.12. The van der Waals surface area contributed by atoms with Crippen LogP contribution < -0.4 is 9.47 Å². The summed E-state index contributed by atoms with van der Waals surface area (Å²) in [5, 5.41) is 12.4. The Bertz CT molecular complexity index is 648. The molecular weight excluding hydrogens is 302 g/mol. The Labute approximate surface area is 134 Å². The molecule has 2 aromatic rings. The van der Waals surface area contributed by atoms with E-state index in [1.807, 2.05) is 50.2 Å². The average molecular weight is 320 g/mol. The van der Waals surface area contributed by atoms with Crippen molar-refractivity contribution in [1.82, 2.24) is 0 Å². The van der Waals surface area contributed by atoms with Gasteiger partial charge in [-0.15, -0.1) is 0 Å². The third-order valence-electron chi connectivity index (χ3n) is 3.14. The zero-order valence-corrected chi connectivity index (χ0v) is 13.3. The number of rotatable bonds is 6. The molecule has 0 saturated carbocycles. The molecule has 2 rings (SSSR count). The minimum atomic E-state index is 0.386. The van der Waals surface area contributed by atoms with E-state index in [2.05, 4.69) is 5.16 Å². The first-order chi connectivity index (χ1) is 10.6. The number of halogens is 1. The lowest BCUT2D eigenvalue weighted by atomic mass is 10.1. The normalized spacial score (nSPS) is 10.9. The van der Waals surface area contributed by atoms with Gasteiger partial charge in [0.2, 0.25) is 0 Å². The Morgan fingerprint density at radius 3 is 2.41 bits per heavy atom. The van der Waals surface area contributed by atoms with Crippen molar-refractivity contribution >= 4 is 17.8 Å². The monoisotopic (exact) mass is 319 g/mol. The van der Waals surface area contributed by atoms with Gasteiger partial charge >= 0.3 is 0 Å². The van der Waals surface area contributed by atoms with Crippen LogP contribution in [0.3, 0.4) is 0 Å². The number of oxime groups is 1. The van der Waals surface area contributed by atoms with Gasteiger partial charge in [-0.05, 0) is 49.2 Å². The van der Waals surface area contributed by atoms with Crippen LogP contribution >= 0.6 is 11.6 Å². The van der Waals surface area contributed by atoms with Gasteiger partial charge in [0.1, 0.15) is 24.7 Å². The van der Waals surface area contributed by atoms with E-state index in [9.17, 15) is 0 Å². The highest BCUT2D eigenvalue weighted by Crippen LogP contribution is 2.25. The number of aryl methyl sites for hydroxylation is 2. The SMILES string of the molecule is Cc1cc(OCCOc2ccccc2C=NO)cc(C)c1Cl. The molecule has 0 aliphatic carbocycles. The van der Waals surface area contributed by atoms with Gasteiger partial charge in [0, 0.05) is 10.6 Å². The molecule has 5 heteroatoms. The molecular formula is C17H18ClNO3. The van der Waals surface area contributed by atoms with Crippen molar-refractivity contribution < 1.29 is 14.7 Å². The first kappa shape index (κ1) is 16.2. The maximum atomic E-state index is 8.62. The van der Waals surface area contributed by atoms with Crippen LogP contribution in [0, 0.1) is 13.8 Å². The predicted octanol–water partition coefficient (Wildman–Crippen LogP) is 4.22. The van der Waals surface area contributed by atoms with Crippen molar-refractivity contribution in [2.45, 2.75) is 13.8 Å². The Balaban J connectivity index is 1.90. The predicted molar refractivity (Wildman–Crippen MR) is 87.7 cm³/mol. The molecule has 0 aliphatic rings. The highest BCUT2D eigenvalue weighted by Gasteiger charge is 2.04. The largest absolute Gasteiger partial charge is 0.490 e. The molecule has 0 saturated heterocycles.